The van der Waals surface area contributed by atoms with E-state index in [0.29, 0.717) is 26.1 Å². The maximum absolute atomic E-state index is 13.0. The lowest BCUT2D eigenvalue weighted by Crippen LogP contribution is -2.51. The first-order chi connectivity index (χ1) is 14.7. The van der Waals surface area contributed by atoms with Gasteiger partial charge in [0.25, 0.3) is 0 Å². The van der Waals surface area contributed by atoms with Gasteiger partial charge in [-0.15, -0.1) is 0 Å². The van der Waals surface area contributed by atoms with E-state index in [1.54, 1.807) is 6.20 Å². The molecule has 2 aromatic rings. The van der Waals surface area contributed by atoms with E-state index in [4.69, 9.17) is 0 Å². The second-order valence-electron chi connectivity index (χ2n) is 8.03. The average Bonchev–Trinajstić information content (AvgIpc) is 3.30. The Labute approximate surface area is 177 Å². The van der Waals surface area contributed by atoms with Crippen molar-refractivity contribution in [1.82, 2.24) is 26.1 Å². The molecule has 30 heavy (non-hydrogen) atoms. The van der Waals surface area contributed by atoms with Crippen LogP contribution in [0.15, 0.2) is 54.7 Å². The largest absolute Gasteiger partial charge is 0.355 e. The van der Waals surface area contributed by atoms with E-state index in [2.05, 4.69) is 33.3 Å². The van der Waals surface area contributed by atoms with Crippen LogP contribution in [0.5, 0.6) is 0 Å². The zero-order chi connectivity index (χ0) is 20.8. The van der Waals surface area contributed by atoms with Crippen molar-refractivity contribution in [3.8, 4) is 0 Å². The van der Waals surface area contributed by atoms with Crippen molar-refractivity contribution in [2.75, 3.05) is 19.6 Å². The summed E-state index contributed by atoms with van der Waals surface area (Å²) in [6.45, 7) is 1.81. The Kier molecular flexibility index (Phi) is 6.71. The summed E-state index contributed by atoms with van der Waals surface area (Å²) in [5.41, 5.74) is 8.43. The summed E-state index contributed by atoms with van der Waals surface area (Å²) in [6.07, 6.45) is 4.91. The van der Waals surface area contributed by atoms with Crippen LogP contribution in [0.25, 0.3) is 0 Å². The molecular weight excluding hydrogens is 378 g/mol. The number of carbonyl (C=O) groups excluding carboxylic acids is 2. The van der Waals surface area contributed by atoms with E-state index in [0.717, 1.165) is 25.0 Å². The van der Waals surface area contributed by atoms with Crippen LogP contribution in [0.4, 0.5) is 0 Å². The molecule has 3 N–H and O–H groups in total. The quantitative estimate of drug-likeness (QED) is 0.677. The van der Waals surface area contributed by atoms with Crippen molar-refractivity contribution in [1.29, 1.82) is 0 Å². The number of piperidine rings is 1. The van der Waals surface area contributed by atoms with Gasteiger partial charge in [-0.05, 0) is 43.4 Å². The molecular formula is C23H29N5O2. The lowest BCUT2D eigenvalue weighted by molar-refractivity contribution is -0.137. The zero-order valence-electron chi connectivity index (χ0n) is 17.1. The molecule has 1 aromatic carbocycles. The van der Waals surface area contributed by atoms with Crippen molar-refractivity contribution in [2.45, 2.75) is 37.8 Å². The third kappa shape index (κ3) is 5.04. The molecule has 3 unspecified atom stereocenters. The van der Waals surface area contributed by atoms with E-state index in [1.165, 1.54) is 5.56 Å². The Morgan fingerprint density at radius 3 is 2.73 bits per heavy atom. The number of hydrazine groups is 1. The van der Waals surface area contributed by atoms with Crippen molar-refractivity contribution in [3.05, 3.63) is 66.0 Å². The molecule has 2 fully saturated rings. The van der Waals surface area contributed by atoms with Gasteiger partial charge in [0.2, 0.25) is 11.8 Å². The normalized spacial score (nSPS) is 23.9. The van der Waals surface area contributed by atoms with Gasteiger partial charge in [-0.2, -0.15) is 0 Å². The number of nitrogens with zero attached hydrogens (tertiary/aromatic N) is 2. The Morgan fingerprint density at radius 1 is 1.10 bits per heavy atom. The predicted octanol–water partition coefficient (Wildman–Crippen LogP) is 1.59. The molecule has 4 rings (SSSR count). The van der Waals surface area contributed by atoms with Crippen LogP contribution < -0.4 is 16.2 Å². The summed E-state index contributed by atoms with van der Waals surface area (Å²) in [6, 6.07) is 15.6. The maximum atomic E-state index is 13.0. The monoisotopic (exact) mass is 407 g/mol. The Morgan fingerprint density at radius 2 is 1.93 bits per heavy atom. The van der Waals surface area contributed by atoms with Crippen molar-refractivity contribution in [3.63, 3.8) is 0 Å². The number of likely N-dealkylation sites (tertiary alicyclic amines) is 1. The van der Waals surface area contributed by atoms with E-state index in [-0.39, 0.29) is 29.8 Å². The first-order valence-electron chi connectivity index (χ1n) is 10.7. The van der Waals surface area contributed by atoms with Crippen LogP contribution in [-0.2, 0) is 16.0 Å². The summed E-state index contributed by atoms with van der Waals surface area (Å²) in [5, 5.41) is 3.05. The number of pyridine rings is 1. The van der Waals surface area contributed by atoms with Crippen LogP contribution in [0.3, 0.4) is 0 Å². The van der Waals surface area contributed by atoms with Gasteiger partial charge in [-0.25, -0.2) is 10.9 Å². The van der Waals surface area contributed by atoms with Crippen LogP contribution >= 0.6 is 0 Å². The third-order valence-electron chi connectivity index (χ3n) is 5.91. The van der Waals surface area contributed by atoms with Gasteiger partial charge in [0.1, 0.15) is 6.04 Å². The minimum Gasteiger partial charge on any atom is -0.355 e. The van der Waals surface area contributed by atoms with E-state index >= 15 is 0 Å². The molecule has 2 aliphatic heterocycles. The fourth-order valence-corrected chi connectivity index (χ4v) is 4.22. The van der Waals surface area contributed by atoms with Crippen LogP contribution in [-0.4, -0.2) is 47.4 Å². The lowest BCUT2D eigenvalue weighted by Gasteiger charge is -2.33. The van der Waals surface area contributed by atoms with Crippen molar-refractivity contribution in [2.24, 2.45) is 5.92 Å². The van der Waals surface area contributed by atoms with Gasteiger partial charge < -0.3 is 10.2 Å². The highest BCUT2D eigenvalue weighted by Gasteiger charge is 2.36. The lowest BCUT2D eigenvalue weighted by atomic mass is 9.96. The minimum absolute atomic E-state index is 0.0158. The highest BCUT2D eigenvalue weighted by molar-refractivity contribution is 5.84. The molecule has 0 bridgehead atoms. The smallest absolute Gasteiger partial charge is 0.241 e. The summed E-state index contributed by atoms with van der Waals surface area (Å²) < 4.78 is 0. The summed E-state index contributed by atoms with van der Waals surface area (Å²) in [5.74, 6) is -0.0329. The number of amides is 2. The molecule has 7 nitrogen and oxygen atoms in total. The van der Waals surface area contributed by atoms with E-state index in [1.807, 2.05) is 41.3 Å². The molecule has 0 saturated carbocycles. The number of benzene rings is 1. The highest BCUT2D eigenvalue weighted by atomic mass is 16.2. The molecule has 3 atom stereocenters. The SMILES string of the molecule is O=C(NCCc1ccccc1)C1CCCN(C(=O)C2CC(c3ccccn3)NN2)C1. The maximum Gasteiger partial charge on any atom is 0.241 e. The van der Waals surface area contributed by atoms with Gasteiger partial charge in [0.15, 0.2) is 0 Å². The number of aromatic nitrogens is 1. The molecule has 0 aliphatic carbocycles. The van der Waals surface area contributed by atoms with E-state index in [9.17, 15) is 9.59 Å². The molecule has 2 saturated heterocycles. The van der Waals surface area contributed by atoms with Gasteiger partial charge in [0.05, 0.1) is 17.7 Å². The molecule has 0 radical (unpaired) electrons. The van der Waals surface area contributed by atoms with Gasteiger partial charge in [0, 0.05) is 25.8 Å². The summed E-state index contributed by atoms with van der Waals surface area (Å²) in [4.78, 5) is 31.9. The van der Waals surface area contributed by atoms with Crippen LogP contribution in [0.1, 0.15) is 36.6 Å². The standard InChI is InChI=1S/C23H29N5O2/c29-22(25-13-11-17-7-2-1-3-8-17)18-9-6-14-28(16-18)23(30)21-15-20(26-27-21)19-10-4-5-12-24-19/h1-5,7-8,10,12,18,20-21,26-27H,6,9,11,13-16H2,(H,25,29). The van der Waals surface area contributed by atoms with E-state index < -0.39 is 0 Å². The number of nitrogens with one attached hydrogen (secondary N) is 3. The van der Waals surface area contributed by atoms with Crippen LogP contribution in [0.2, 0.25) is 0 Å². The molecule has 158 valence electrons. The molecule has 2 amide bonds. The predicted molar refractivity (Wildman–Crippen MR) is 114 cm³/mol. The second kappa shape index (κ2) is 9.82. The Bertz CT molecular complexity index is 845. The van der Waals surface area contributed by atoms with Gasteiger partial charge in [-0.3, -0.25) is 14.6 Å². The fraction of sp³-hybridized carbons (Fsp3) is 0.435. The number of hydrogen-bond acceptors (Lipinski definition) is 5. The summed E-state index contributed by atoms with van der Waals surface area (Å²) >= 11 is 0. The number of hydrogen-bond donors (Lipinski definition) is 3. The fourth-order valence-electron chi connectivity index (χ4n) is 4.22. The van der Waals surface area contributed by atoms with Gasteiger partial charge in [-0.1, -0.05) is 36.4 Å². The topological polar surface area (TPSA) is 86.4 Å². The minimum atomic E-state index is -0.295. The highest BCUT2D eigenvalue weighted by Crippen LogP contribution is 2.23. The first-order valence-corrected chi connectivity index (χ1v) is 10.7. The zero-order valence-corrected chi connectivity index (χ0v) is 17.1. The molecule has 2 aliphatic rings. The summed E-state index contributed by atoms with van der Waals surface area (Å²) in [7, 11) is 0. The average molecular weight is 408 g/mol. The van der Waals surface area contributed by atoms with Gasteiger partial charge >= 0.3 is 0 Å². The number of rotatable bonds is 6. The van der Waals surface area contributed by atoms with Crippen molar-refractivity contribution < 1.29 is 9.59 Å². The second-order valence-corrected chi connectivity index (χ2v) is 8.03. The van der Waals surface area contributed by atoms with Crippen LogP contribution in [0, 0.1) is 5.92 Å². The number of carbonyl (C=O) groups is 2. The molecule has 0 spiro atoms. The molecule has 1 aromatic heterocycles. The van der Waals surface area contributed by atoms with Crippen molar-refractivity contribution >= 4 is 11.8 Å². The Hall–Kier alpha value is -2.77. The molecule has 7 heteroatoms. The third-order valence-corrected chi connectivity index (χ3v) is 5.91. The Balaban J connectivity index is 1.26. The molecule has 3 heterocycles. The first kappa shape index (κ1) is 20.5.